The molecule has 0 saturated carbocycles. The largest absolute Gasteiger partial charge is 0.457 e. The highest BCUT2D eigenvalue weighted by Crippen LogP contribution is 2.34. The van der Waals surface area contributed by atoms with E-state index in [4.69, 9.17) is 16.5 Å². The summed E-state index contributed by atoms with van der Waals surface area (Å²) in [4.78, 5) is 8.53. The number of para-hydroxylation sites is 1. The van der Waals surface area contributed by atoms with Gasteiger partial charge in [0, 0.05) is 0 Å². The molecule has 0 fully saturated rings. The number of nitrogens with zero attached hydrogens (tertiary/aromatic N) is 3. The van der Waals surface area contributed by atoms with Crippen LogP contribution in [0.1, 0.15) is 5.56 Å². The molecule has 2 aliphatic heterocycles. The summed E-state index contributed by atoms with van der Waals surface area (Å²) in [5.41, 5.74) is 1.76. The number of hydrogen-bond acceptors (Lipinski definition) is 3. The van der Waals surface area contributed by atoms with Gasteiger partial charge >= 0.3 is 0 Å². The normalized spacial score (nSPS) is 21.6. The second kappa shape index (κ2) is 5.50. The molecule has 1 unspecified atom stereocenters. The lowest BCUT2D eigenvalue weighted by Gasteiger charge is -2.22. The second-order valence-corrected chi connectivity index (χ2v) is 5.69. The molecule has 0 radical (unpaired) electrons. The van der Waals surface area contributed by atoms with Gasteiger partial charge in [-0.05, 0) is 36.4 Å². The van der Waals surface area contributed by atoms with Gasteiger partial charge in [0.15, 0.2) is 17.5 Å². The lowest BCUT2D eigenvalue weighted by Crippen LogP contribution is -2.37. The predicted octanol–water partition coefficient (Wildman–Crippen LogP) is 4.61. The van der Waals surface area contributed by atoms with Crippen molar-refractivity contribution in [2.45, 2.75) is 0 Å². The summed E-state index contributed by atoms with van der Waals surface area (Å²) in [6.07, 6.45) is 6.94. The predicted molar refractivity (Wildman–Crippen MR) is 91.3 cm³/mol. The molecule has 0 amide bonds. The number of amidine groups is 1. The first kappa shape index (κ1) is 13.9. The van der Waals surface area contributed by atoms with E-state index in [1.807, 2.05) is 54.6 Å². The number of hydrogen-bond donors (Lipinski definition) is 0. The Bertz CT molecular complexity index is 854. The Labute approximate surface area is 139 Å². The first-order chi connectivity index (χ1) is 11.3. The maximum absolute atomic E-state index is 6.67. The van der Waals surface area contributed by atoms with Crippen LogP contribution in [-0.2, 0) is 0 Å². The molecule has 2 aromatic carbocycles. The average Bonchev–Trinajstić information content (AvgIpc) is 2.94. The maximum atomic E-state index is 6.67. The summed E-state index contributed by atoms with van der Waals surface area (Å²) < 4.78 is 5.82. The number of rotatable bonds is 3. The van der Waals surface area contributed by atoms with Gasteiger partial charge in [-0.2, -0.15) is 4.99 Å². The van der Waals surface area contributed by atoms with Crippen LogP contribution < -0.4 is 4.74 Å². The SMILES string of the molecule is Cl[N+]12C=CN=CC1=CN=C2c1ccc(Oc2ccccc2)cc1. The van der Waals surface area contributed by atoms with E-state index in [2.05, 4.69) is 9.98 Å². The quantitative estimate of drug-likeness (QED) is 0.760. The molecule has 112 valence electrons. The van der Waals surface area contributed by atoms with Gasteiger partial charge in [-0.15, -0.1) is 4.00 Å². The van der Waals surface area contributed by atoms with Crippen LogP contribution in [0.4, 0.5) is 0 Å². The van der Waals surface area contributed by atoms with Gasteiger partial charge in [0.1, 0.15) is 17.7 Å². The third-order valence-electron chi connectivity index (χ3n) is 3.66. The number of halogens is 1. The fourth-order valence-corrected chi connectivity index (χ4v) is 2.78. The zero-order valence-electron chi connectivity index (χ0n) is 12.1. The van der Waals surface area contributed by atoms with Crippen LogP contribution >= 0.6 is 11.8 Å². The van der Waals surface area contributed by atoms with E-state index < -0.39 is 0 Å². The van der Waals surface area contributed by atoms with Gasteiger partial charge in [0.05, 0.1) is 24.2 Å². The van der Waals surface area contributed by atoms with Crippen molar-refractivity contribution in [1.29, 1.82) is 0 Å². The van der Waals surface area contributed by atoms with Gasteiger partial charge < -0.3 is 4.74 Å². The standard InChI is InChI=1S/C18H13ClN3O/c19-22-11-10-20-12-15(22)13-21-18(22)14-6-8-17(9-7-14)23-16-4-2-1-3-5-16/h1-13H/q+1. The van der Waals surface area contributed by atoms with Crippen molar-refractivity contribution in [1.82, 2.24) is 0 Å². The molecule has 1 atom stereocenters. The van der Waals surface area contributed by atoms with E-state index in [1.165, 1.54) is 0 Å². The zero-order valence-corrected chi connectivity index (χ0v) is 12.9. The minimum absolute atomic E-state index is 0.0163. The van der Waals surface area contributed by atoms with Crippen LogP contribution in [0.15, 0.2) is 88.9 Å². The van der Waals surface area contributed by atoms with Crippen molar-refractivity contribution in [3.05, 3.63) is 84.5 Å². The van der Waals surface area contributed by atoms with Gasteiger partial charge in [-0.1, -0.05) is 18.2 Å². The Balaban J connectivity index is 1.58. The molecule has 0 aromatic heterocycles. The Hall–Kier alpha value is -2.69. The van der Waals surface area contributed by atoms with Crippen molar-refractivity contribution in [3.8, 4) is 11.5 Å². The Kier molecular flexibility index (Phi) is 3.33. The number of ether oxygens (including phenoxy) is 1. The molecule has 0 saturated heterocycles. The lowest BCUT2D eigenvalue weighted by atomic mass is 10.2. The van der Waals surface area contributed by atoms with Crippen LogP contribution in [0.3, 0.4) is 0 Å². The number of benzene rings is 2. The molecule has 0 spiro atoms. The summed E-state index contributed by atoms with van der Waals surface area (Å²) in [6, 6.07) is 17.4. The number of quaternary nitrogens is 1. The van der Waals surface area contributed by atoms with E-state index in [1.54, 1.807) is 24.8 Å². The summed E-state index contributed by atoms with van der Waals surface area (Å²) in [7, 11) is 0. The lowest BCUT2D eigenvalue weighted by molar-refractivity contribution is -0.599. The monoisotopic (exact) mass is 322 g/mol. The van der Waals surface area contributed by atoms with Crippen LogP contribution in [0, 0.1) is 0 Å². The third-order valence-corrected chi connectivity index (χ3v) is 4.13. The van der Waals surface area contributed by atoms with E-state index in [0.29, 0.717) is 0 Å². The van der Waals surface area contributed by atoms with E-state index >= 15 is 0 Å². The maximum Gasteiger partial charge on any atom is 0.263 e. The van der Waals surface area contributed by atoms with E-state index in [9.17, 15) is 0 Å². The Morgan fingerprint density at radius 3 is 2.43 bits per heavy atom. The third kappa shape index (κ3) is 2.48. The molecule has 5 heteroatoms. The highest BCUT2D eigenvalue weighted by atomic mass is 35.5. The van der Waals surface area contributed by atoms with Crippen molar-refractivity contribution < 1.29 is 8.74 Å². The van der Waals surface area contributed by atoms with Crippen molar-refractivity contribution in [3.63, 3.8) is 0 Å². The zero-order chi connectivity index (χ0) is 15.7. The Morgan fingerprint density at radius 1 is 0.913 bits per heavy atom. The molecular formula is C18H13ClN3O+. The molecular weight excluding hydrogens is 310 g/mol. The molecule has 0 N–H and O–H groups in total. The molecule has 2 aliphatic rings. The molecule has 4 nitrogen and oxygen atoms in total. The highest BCUT2D eigenvalue weighted by Gasteiger charge is 2.42. The summed E-state index contributed by atoms with van der Waals surface area (Å²) in [6.45, 7) is 0. The minimum atomic E-state index is 0.0163. The van der Waals surface area contributed by atoms with Crippen LogP contribution in [0.5, 0.6) is 11.5 Å². The molecule has 4 rings (SSSR count). The van der Waals surface area contributed by atoms with Gasteiger partial charge in [0.25, 0.3) is 5.84 Å². The molecule has 23 heavy (non-hydrogen) atoms. The Morgan fingerprint density at radius 2 is 1.65 bits per heavy atom. The topological polar surface area (TPSA) is 34.0 Å². The summed E-state index contributed by atoms with van der Waals surface area (Å²) >= 11 is 6.67. The average molecular weight is 323 g/mol. The summed E-state index contributed by atoms with van der Waals surface area (Å²) in [5.74, 6) is 2.32. The fourth-order valence-electron chi connectivity index (χ4n) is 2.50. The van der Waals surface area contributed by atoms with Crippen LogP contribution in [0.25, 0.3) is 0 Å². The fraction of sp³-hybridized carbons (Fsp3) is 0. The van der Waals surface area contributed by atoms with E-state index in [0.717, 1.165) is 28.6 Å². The van der Waals surface area contributed by atoms with Gasteiger partial charge in [0.2, 0.25) is 0 Å². The molecule has 0 bridgehead atoms. The molecule has 2 aromatic rings. The van der Waals surface area contributed by atoms with Crippen molar-refractivity contribution >= 4 is 23.8 Å². The van der Waals surface area contributed by atoms with Gasteiger partial charge in [-0.25, -0.2) is 0 Å². The van der Waals surface area contributed by atoms with Crippen molar-refractivity contribution in [2.75, 3.05) is 0 Å². The first-order valence-electron chi connectivity index (χ1n) is 7.17. The summed E-state index contributed by atoms with van der Waals surface area (Å²) in [5, 5.41) is 0. The second-order valence-electron chi connectivity index (χ2n) is 5.16. The van der Waals surface area contributed by atoms with Crippen LogP contribution in [-0.4, -0.2) is 16.1 Å². The number of aliphatic imine (C=N–C) groups is 2. The molecule has 2 heterocycles. The first-order valence-corrected chi connectivity index (χ1v) is 7.51. The molecule has 0 aliphatic carbocycles. The van der Waals surface area contributed by atoms with Gasteiger partial charge in [-0.3, -0.25) is 4.99 Å². The van der Waals surface area contributed by atoms with Crippen LogP contribution in [0.2, 0.25) is 0 Å². The van der Waals surface area contributed by atoms with E-state index in [-0.39, 0.29) is 4.00 Å². The number of allylic oxidation sites excluding steroid dienone is 1. The number of fused-ring (bicyclic) bond motifs is 1. The van der Waals surface area contributed by atoms with Crippen molar-refractivity contribution in [2.24, 2.45) is 9.98 Å². The smallest absolute Gasteiger partial charge is 0.263 e. The minimum Gasteiger partial charge on any atom is -0.457 e. The highest BCUT2D eigenvalue weighted by molar-refractivity contribution is 6.20.